The number of hydrogen-bond acceptors (Lipinski definition) is 3. The molecule has 2 N–H and O–H groups in total. The highest BCUT2D eigenvalue weighted by Gasteiger charge is 2.24. The van der Waals surface area contributed by atoms with Gasteiger partial charge in [0.2, 0.25) is 0 Å². The summed E-state index contributed by atoms with van der Waals surface area (Å²) in [6.45, 7) is 7.75. The molecule has 2 heterocycles. The zero-order valence-corrected chi connectivity index (χ0v) is 16.2. The molecule has 2 aromatic rings. The van der Waals surface area contributed by atoms with Crippen LogP contribution in [-0.2, 0) is 15.4 Å². The van der Waals surface area contributed by atoms with E-state index in [-0.39, 0.29) is 16.2 Å². The summed E-state index contributed by atoms with van der Waals surface area (Å²) in [5.41, 5.74) is 1.92. The van der Waals surface area contributed by atoms with Crippen molar-refractivity contribution >= 4 is 21.6 Å². The normalized spacial score (nSPS) is 15.3. The quantitative estimate of drug-likeness (QED) is 0.860. The first kappa shape index (κ1) is 18.5. The van der Waals surface area contributed by atoms with E-state index >= 15 is 0 Å². The number of H-pyrrole nitrogens is 1. The van der Waals surface area contributed by atoms with Gasteiger partial charge < -0.3 is 9.88 Å². The van der Waals surface area contributed by atoms with Crippen LogP contribution >= 0.6 is 0 Å². The minimum Gasteiger partial charge on any atom is -0.356 e. The molecule has 0 aliphatic carbocycles. The topological polar surface area (TPSA) is 82.3 Å². The number of carbonyl (C=O) groups is 1. The molecule has 0 saturated carbocycles. The van der Waals surface area contributed by atoms with Gasteiger partial charge in [-0.05, 0) is 42.0 Å². The van der Waals surface area contributed by atoms with Crippen molar-refractivity contribution in [1.29, 1.82) is 0 Å². The van der Waals surface area contributed by atoms with Gasteiger partial charge >= 0.3 is 0 Å². The molecule has 0 spiro atoms. The van der Waals surface area contributed by atoms with E-state index < -0.39 is 10.0 Å². The van der Waals surface area contributed by atoms with Crippen LogP contribution in [-0.4, -0.2) is 37.3 Å². The predicted molar refractivity (Wildman–Crippen MR) is 102 cm³/mol. The van der Waals surface area contributed by atoms with Crippen LogP contribution < -0.4 is 4.72 Å². The summed E-state index contributed by atoms with van der Waals surface area (Å²) >= 11 is 0. The third-order valence-electron chi connectivity index (χ3n) is 4.59. The standard InChI is InChI=1S/C19H25N3O3S/c1-19(2,3)14-6-8-15(9-7-14)21-26(24,25)16-12-17(20-13-16)18(23)22-10-4-5-11-22/h6-9,12-13,20-21H,4-5,10-11H2,1-3H3. The number of aromatic nitrogens is 1. The van der Waals surface area contributed by atoms with Gasteiger partial charge in [-0.2, -0.15) is 0 Å². The van der Waals surface area contributed by atoms with Crippen LogP contribution in [0.5, 0.6) is 0 Å². The van der Waals surface area contributed by atoms with Crippen molar-refractivity contribution in [2.75, 3.05) is 17.8 Å². The Labute approximate surface area is 154 Å². The zero-order chi connectivity index (χ0) is 18.9. The summed E-state index contributed by atoms with van der Waals surface area (Å²) in [7, 11) is -3.75. The van der Waals surface area contributed by atoms with E-state index in [0.29, 0.717) is 11.4 Å². The summed E-state index contributed by atoms with van der Waals surface area (Å²) in [5.74, 6) is -0.154. The largest absolute Gasteiger partial charge is 0.356 e. The first-order valence-corrected chi connectivity index (χ1v) is 10.3. The Balaban J connectivity index is 1.75. The number of amides is 1. The first-order valence-electron chi connectivity index (χ1n) is 8.78. The second-order valence-electron chi connectivity index (χ2n) is 7.68. The van der Waals surface area contributed by atoms with Crippen LogP contribution in [0.4, 0.5) is 5.69 Å². The third kappa shape index (κ3) is 3.93. The van der Waals surface area contributed by atoms with Crippen molar-refractivity contribution in [3.8, 4) is 0 Å². The maximum atomic E-state index is 12.6. The lowest BCUT2D eigenvalue weighted by Crippen LogP contribution is -2.27. The Morgan fingerprint density at radius 1 is 1.12 bits per heavy atom. The molecule has 0 atom stereocenters. The molecule has 1 aliphatic heterocycles. The van der Waals surface area contributed by atoms with Crippen molar-refractivity contribution in [3.63, 3.8) is 0 Å². The Morgan fingerprint density at radius 2 is 1.73 bits per heavy atom. The summed E-state index contributed by atoms with van der Waals surface area (Å²) in [5, 5.41) is 0. The van der Waals surface area contributed by atoms with Gasteiger partial charge in [-0.15, -0.1) is 0 Å². The lowest BCUT2D eigenvalue weighted by molar-refractivity contribution is 0.0787. The Kier molecular flexibility index (Phi) is 4.84. The fourth-order valence-corrected chi connectivity index (χ4v) is 4.05. The predicted octanol–water partition coefficient (Wildman–Crippen LogP) is 3.35. The molecule has 140 valence electrons. The van der Waals surface area contributed by atoms with Gasteiger partial charge in [0.15, 0.2) is 0 Å². The van der Waals surface area contributed by atoms with Crippen LogP contribution in [0, 0.1) is 0 Å². The van der Waals surface area contributed by atoms with Crippen molar-refractivity contribution in [1.82, 2.24) is 9.88 Å². The fourth-order valence-electron chi connectivity index (χ4n) is 3.00. The Morgan fingerprint density at radius 3 is 2.31 bits per heavy atom. The van der Waals surface area contributed by atoms with Crippen molar-refractivity contribution in [3.05, 3.63) is 47.8 Å². The highest BCUT2D eigenvalue weighted by molar-refractivity contribution is 7.92. The van der Waals surface area contributed by atoms with Crippen molar-refractivity contribution in [2.45, 2.75) is 43.9 Å². The monoisotopic (exact) mass is 375 g/mol. The van der Waals surface area contributed by atoms with Crippen molar-refractivity contribution in [2.24, 2.45) is 0 Å². The average Bonchev–Trinajstić information content (AvgIpc) is 3.26. The maximum Gasteiger partial charge on any atom is 0.270 e. The molecule has 1 aromatic carbocycles. The lowest BCUT2D eigenvalue weighted by Gasteiger charge is -2.19. The highest BCUT2D eigenvalue weighted by atomic mass is 32.2. The molecule has 7 heteroatoms. The number of anilines is 1. The Hall–Kier alpha value is -2.28. The molecular weight excluding hydrogens is 350 g/mol. The number of rotatable bonds is 4. The molecule has 1 fully saturated rings. The average molecular weight is 375 g/mol. The third-order valence-corrected chi connectivity index (χ3v) is 5.95. The van der Waals surface area contributed by atoms with Crippen LogP contribution in [0.1, 0.15) is 49.7 Å². The molecule has 0 radical (unpaired) electrons. The van der Waals surface area contributed by atoms with E-state index in [9.17, 15) is 13.2 Å². The second kappa shape index (κ2) is 6.79. The number of hydrogen-bond donors (Lipinski definition) is 2. The highest BCUT2D eigenvalue weighted by Crippen LogP contribution is 2.25. The van der Waals surface area contributed by atoms with Crippen LogP contribution in [0.15, 0.2) is 41.4 Å². The number of nitrogens with zero attached hydrogens (tertiary/aromatic N) is 1. The van der Waals surface area contributed by atoms with E-state index in [1.807, 2.05) is 12.1 Å². The molecule has 1 aliphatic rings. The molecule has 1 amide bonds. The first-order chi connectivity index (χ1) is 12.2. The summed E-state index contributed by atoms with van der Waals surface area (Å²) in [4.78, 5) is 16.9. The van der Waals surface area contributed by atoms with Gasteiger partial charge in [0.1, 0.15) is 10.6 Å². The summed E-state index contributed by atoms with van der Waals surface area (Å²) in [6, 6.07) is 8.73. The molecular formula is C19H25N3O3S. The van der Waals surface area contributed by atoms with E-state index in [2.05, 4.69) is 30.5 Å². The molecule has 3 rings (SSSR count). The van der Waals surface area contributed by atoms with Crippen LogP contribution in [0.3, 0.4) is 0 Å². The summed E-state index contributed by atoms with van der Waals surface area (Å²) < 4.78 is 27.7. The van der Waals surface area contributed by atoms with E-state index in [1.54, 1.807) is 17.0 Å². The zero-order valence-electron chi connectivity index (χ0n) is 15.4. The lowest BCUT2D eigenvalue weighted by atomic mass is 9.87. The van der Waals surface area contributed by atoms with Gasteiger partial charge in [-0.25, -0.2) is 8.42 Å². The second-order valence-corrected chi connectivity index (χ2v) is 9.36. The molecule has 26 heavy (non-hydrogen) atoms. The van der Waals surface area contributed by atoms with Gasteiger partial charge in [0.05, 0.1) is 0 Å². The van der Waals surface area contributed by atoms with E-state index in [4.69, 9.17) is 0 Å². The number of carbonyl (C=O) groups excluding carboxylic acids is 1. The van der Waals surface area contributed by atoms with E-state index in [0.717, 1.165) is 31.5 Å². The van der Waals surface area contributed by atoms with Gasteiger partial charge in [0.25, 0.3) is 15.9 Å². The smallest absolute Gasteiger partial charge is 0.270 e. The SMILES string of the molecule is CC(C)(C)c1ccc(NS(=O)(=O)c2c[nH]c(C(=O)N3CCCC3)c2)cc1. The number of benzene rings is 1. The van der Waals surface area contributed by atoms with Gasteiger partial charge in [0, 0.05) is 25.0 Å². The van der Waals surface area contributed by atoms with Crippen LogP contribution in [0.25, 0.3) is 0 Å². The van der Waals surface area contributed by atoms with E-state index in [1.165, 1.54) is 12.3 Å². The minimum atomic E-state index is -3.75. The Bertz CT molecular complexity index is 887. The molecule has 0 bridgehead atoms. The molecule has 0 unspecified atom stereocenters. The number of aromatic amines is 1. The summed E-state index contributed by atoms with van der Waals surface area (Å²) in [6.07, 6.45) is 3.34. The molecule has 1 saturated heterocycles. The van der Waals surface area contributed by atoms with Crippen molar-refractivity contribution < 1.29 is 13.2 Å². The fraction of sp³-hybridized carbons (Fsp3) is 0.421. The van der Waals surface area contributed by atoms with Gasteiger partial charge in [-0.1, -0.05) is 32.9 Å². The number of nitrogens with one attached hydrogen (secondary N) is 2. The molecule has 6 nitrogen and oxygen atoms in total. The number of sulfonamides is 1. The number of likely N-dealkylation sites (tertiary alicyclic amines) is 1. The van der Waals surface area contributed by atoms with Gasteiger partial charge in [-0.3, -0.25) is 9.52 Å². The van der Waals surface area contributed by atoms with Crippen LogP contribution in [0.2, 0.25) is 0 Å². The maximum absolute atomic E-state index is 12.6. The molecule has 1 aromatic heterocycles. The minimum absolute atomic E-state index is 0.00286.